The van der Waals surface area contributed by atoms with Crippen molar-refractivity contribution in [1.29, 1.82) is 0 Å². The zero-order valence-electron chi connectivity index (χ0n) is 38.6. The Morgan fingerprint density at radius 1 is 0.313 bits per heavy atom. The van der Waals surface area contributed by atoms with E-state index in [0.717, 1.165) is 0 Å². The molecule has 5 heterocycles. The fraction of sp³-hybridized carbons (Fsp3) is 0.125. The van der Waals surface area contributed by atoms with E-state index in [2.05, 4.69) is 231 Å². The lowest BCUT2D eigenvalue weighted by molar-refractivity contribution is 0.591. The maximum atomic E-state index is 2.66. The highest BCUT2D eigenvalue weighted by Crippen LogP contribution is 2.52. The minimum Gasteiger partial charge on any atom is -0.309 e. The van der Waals surface area contributed by atoms with Crippen LogP contribution in [0.5, 0.6) is 0 Å². The molecule has 67 heavy (non-hydrogen) atoms. The largest absolute Gasteiger partial charge is 0.309 e. The van der Waals surface area contributed by atoms with Crippen molar-refractivity contribution in [2.24, 2.45) is 0 Å². The normalized spacial score (nSPS) is 13.2. The van der Waals surface area contributed by atoms with E-state index < -0.39 is 0 Å². The third-order valence-electron chi connectivity index (χ3n) is 15.5. The molecule has 318 valence electrons. The first-order valence-corrected chi connectivity index (χ1v) is 23.9. The van der Waals surface area contributed by atoms with Crippen LogP contribution in [-0.4, -0.2) is 13.4 Å². The van der Waals surface area contributed by atoms with Crippen molar-refractivity contribution in [3.05, 3.63) is 187 Å². The Hall–Kier alpha value is -7.88. The van der Waals surface area contributed by atoms with Gasteiger partial charge in [0.2, 0.25) is 0 Å². The molecule has 10 aromatic carbocycles. The van der Waals surface area contributed by atoms with Crippen LogP contribution in [-0.2, 0) is 10.8 Å². The van der Waals surface area contributed by atoms with Gasteiger partial charge in [-0.25, -0.2) is 0 Å². The monoisotopic (exact) mass is 857 g/mol. The van der Waals surface area contributed by atoms with E-state index in [-0.39, 0.29) is 10.8 Å². The third kappa shape index (κ3) is 4.76. The molecule has 0 aliphatic carbocycles. The van der Waals surface area contributed by atoms with Crippen molar-refractivity contribution in [1.82, 2.24) is 13.4 Å². The van der Waals surface area contributed by atoms with Crippen LogP contribution in [0.3, 0.4) is 0 Å². The molecule has 0 unspecified atom stereocenters. The number of benzene rings is 10. The van der Waals surface area contributed by atoms with Gasteiger partial charge >= 0.3 is 0 Å². The van der Waals surface area contributed by atoms with Gasteiger partial charge in [-0.3, -0.25) is 0 Å². The van der Waals surface area contributed by atoms with Crippen LogP contribution in [0.15, 0.2) is 176 Å². The van der Waals surface area contributed by atoms with Gasteiger partial charge in [0.15, 0.2) is 0 Å². The van der Waals surface area contributed by atoms with E-state index in [1.807, 2.05) is 0 Å². The van der Waals surface area contributed by atoms with E-state index >= 15 is 0 Å². The summed E-state index contributed by atoms with van der Waals surface area (Å²) in [7, 11) is 0. The van der Waals surface area contributed by atoms with Crippen LogP contribution >= 0.6 is 0 Å². The summed E-state index contributed by atoms with van der Waals surface area (Å²) >= 11 is 0. The van der Waals surface area contributed by atoms with Crippen molar-refractivity contribution in [3.8, 4) is 16.8 Å². The van der Waals surface area contributed by atoms with E-state index in [9.17, 15) is 0 Å². The topological polar surface area (TPSA) is 13.8 Å². The van der Waals surface area contributed by atoms with Crippen LogP contribution < -0.4 is 0 Å². The summed E-state index contributed by atoms with van der Waals surface area (Å²) in [6, 6.07) is 67.1. The molecule has 0 atom stereocenters. The molecular weight excluding hydrogens is 811 g/mol. The number of nitrogens with zero attached hydrogens (tertiary/aromatic N) is 3. The summed E-state index contributed by atoms with van der Waals surface area (Å²) in [4.78, 5) is 0. The summed E-state index contributed by atoms with van der Waals surface area (Å²) in [5.41, 5.74) is 16.4. The highest BCUT2D eigenvalue weighted by atomic mass is 15.0. The highest BCUT2D eigenvalue weighted by molar-refractivity contribution is 6.41. The van der Waals surface area contributed by atoms with Gasteiger partial charge in [0, 0.05) is 65.1 Å². The Kier molecular flexibility index (Phi) is 6.97. The van der Waals surface area contributed by atoms with Crippen molar-refractivity contribution in [3.63, 3.8) is 0 Å². The van der Waals surface area contributed by atoms with Crippen molar-refractivity contribution >= 4 is 120 Å². The molecule has 0 amide bonds. The second-order valence-electron chi connectivity index (χ2n) is 21.3. The summed E-state index contributed by atoms with van der Waals surface area (Å²) in [6.07, 6.45) is 0. The first-order valence-electron chi connectivity index (χ1n) is 23.9. The highest BCUT2D eigenvalue weighted by Gasteiger charge is 2.29. The van der Waals surface area contributed by atoms with Crippen LogP contribution in [0.2, 0.25) is 0 Å². The van der Waals surface area contributed by atoms with Crippen LogP contribution in [0.25, 0.3) is 136 Å². The van der Waals surface area contributed by atoms with Gasteiger partial charge in [0.25, 0.3) is 0 Å². The molecule has 0 aliphatic heterocycles. The Balaban J connectivity index is 1.14. The molecule has 0 bridgehead atoms. The van der Waals surface area contributed by atoms with Gasteiger partial charge in [0.1, 0.15) is 0 Å². The number of rotatable bonds is 2. The second kappa shape index (κ2) is 12.5. The lowest BCUT2D eigenvalue weighted by atomic mass is 9.83. The van der Waals surface area contributed by atoms with Crippen LogP contribution in [0.4, 0.5) is 0 Å². The molecule has 3 heteroatoms. The molecule has 3 nitrogen and oxygen atoms in total. The van der Waals surface area contributed by atoms with Gasteiger partial charge in [-0.05, 0) is 128 Å². The third-order valence-corrected chi connectivity index (χ3v) is 15.5. The predicted molar refractivity (Wildman–Crippen MR) is 288 cm³/mol. The standard InChI is InChI=1S/C64H47N3/c1-63(2,3)39-25-27-53-47(33-39)48-31-36-16-11-13-21-43(36)58-59-55(66(53)61(48)58)29-28-54-57(59)49-32-37-17-10-12-20-42(37)56-50-35-40(64(4,5)6)34-45(60(50)67(54)62(49)56)38-24-26-52-46(30-38)44-22-14-15-23-51(44)65(52)41-18-8-7-9-19-41/h7-35H,1-6H3. The van der Waals surface area contributed by atoms with Crippen LogP contribution in [0.1, 0.15) is 52.7 Å². The Morgan fingerprint density at radius 2 is 0.866 bits per heavy atom. The smallest absolute Gasteiger partial charge is 0.0627 e. The summed E-state index contributed by atoms with van der Waals surface area (Å²) < 4.78 is 7.66. The summed E-state index contributed by atoms with van der Waals surface area (Å²) in [5, 5.41) is 18.3. The zero-order chi connectivity index (χ0) is 44.8. The number of fused-ring (bicyclic) bond motifs is 20. The van der Waals surface area contributed by atoms with Gasteiger partial charge in [-0.15, -0.1) is 0 Å². The average Bonchev–Trinajstić information content (AvgIpc) is 4.13. The molecule has 0 fully saturated rings. The van der Waals surface area contributed by atoms with Gasteiger partial charge in [-0.1, -0.05) is 139 Å². The lowest BCUT2D eigenvalue weighted by Gasteiger charge is -2.21. The number of hydrogen-bond acceptors (Lipinski definition) is 0. The molecule has 0 radical (unpaired) electrons. The maximum absolute atomic E-state index is 2.66. The molecule has 0 aliphatic rings. The van der Waals surface area contributed by atoms with E-state index in [0.29, 0.717) is 0 Å². The molecule has 15 rings (SSSR count). The quantitative estimate of drug-likeness (QED) is 0.164. The first-order chi connectivity index (χ1) is 32.5. The molecule has 0 spiro atoms. The fourth-order valence-electron chi connectivity index (χ4n) is 12.4. The molecule has 15 aromatic rings. The van der Waals surface area contributed by atoms with Gasteiger partial charge < -0.3 is 13.4 Å². The average molecular weight is 858 g/mol. The van der Waals surface area contributed by atoms with Gasteiger partial charge in [0.05, 0.1) is 44.1 Å². The SMILES string of the molecule is CC(C)(C)c1ccc2c(c1)c1cc3ccccc3c3c4c5c6cc7ccccc7c7c8cc(C(C)(C)C)cc(-c9ccc%10c(c9)c9ccccc9n%10-c9ccccc9)c8n(c5ccc4n2c13)c67. The molecule has 0 saturated heterocycles. The minimum atomic E-state index is -0.0787. The van der Waals surface area contributed by atoms with Crippen molar-refractivity contribution in [2.75, 3.05) is 0 Å². The second-order valence-corrected chi connectivity index (χ2v) is 21.3. The van der Waals surface area contributed by atoms with Crippen molar-refractivity contribution in [2.45, 2.75) is 52.4 Å². The Bertz CT molecular complexity index is 4620. The fourth-order valence-corrected chi connectivity index (χ4v) is 12.4. The summed E-state index contributed by atoms with van der Waals surface area (Å²) in [6.45, 7) is 14.0. The lowest BCUT2D eigenvalue weighted by Crippen LogP contribution is -2.11. The Morgan fingerprint density at radius 3 is 1.61 bits per heavy atom. The molecule has 5 aromatic heterocycles. The van der Waals surface area contributed by atoms with Gasteiger partial charge in [-0.2, -0.15) is 0 Å². The maximum Gasteiger partial charge on any atom is 0.0627 e. The minimum absolute atomic E-state index is 0.0438. The summed E-state index contributed by atoms with van der Waals surface area (Å²) in [5.74, 6) is 0. The van der Waals surface area contributed by atoms with Crippen molar-refractivity contribution < 1.29 is 0 Å². The zero-order valence-corrected chi connectivity index (χ0v) is 38.6. The molecule has 0 N–H and O–H groups in total. The molecular formula is C64H47N3. The number of hydrogen-bond donors (Lipinski definition) is 0. The number of aromatic nitrogens is 3. The molecule has 0 saturated carbocycles. The van der Waals surface area contributed by atoms with Crippen LogP contribution in [0, 0.1) is 0 Å². The predicted octanol–water partition coefficient (Wildman–Crippen LogP) is 17.7. The number of para-hydroxylation sites is 2. The van der Waals surface area contributed by atoms with E-state index in [4.69, 9.17) is 0 Å². The Labute approximate surface area is 387 Å². The first kappa shape index (κ1) is 37.4. The van der Waals surface area contributed by atoms with E-state index in [1.165, 1.54) is 147 Å². The van der Waals surface area contributed by atoms with E-state index in [1.54, 1.807) is 0 Å².